The van der Waals surface area contributed by atoms with Crippen LogP contribution in [0, 0.1) is 0 Å². The van der Waals surface area contributed by atoms with Crippen molar-refractivity contribution in [3.05, 3.63) is 23.8 Å². The van der Waals surface area contributed by atoms with Crippen molar-refractivity contribution in [3.8, 4) is 11.5 Å². The minimum Gasteiger partial charge on any atom is -0.496 e. The molecule has 4 heteroatoms. The molecule has 0 radical (unpaired) electrons. The van der Waals surface area contributed by atoms with E-state index in [9.17, 15) is 0 Å². The molecule has 1 saturated heterocycles. The normalized spacial score (nSPS) is 27.9. The SMILES string of the molecule is COc1cccc(OC2CC(C)OC(C)C2)c1[C@@H](C)N. The summed E-state index contributed by atoms with van der Waals surface area (Å²) in [5.41, 5.74) is 7.00. The Morgan fingerprint density at radius 3 is 2.35 bits per heavy atom. The summed E-state index contributed by atoms with van der Waals surface area (Å²) >= 11 is 0. The van der Waals surface area contributed by atoms with Crippen LogP contribution in [-0.2, 0) is 4.74 Å². The molecule has 0 aromatic heterocycles. The van der Waals surface area contributed by atoms with E-state index in [1.54, 1.807) is 7.11 Å². The van der Waals surface area contributed by atoms with Crippen molar-refractivity contribution < 1.29 is 14.2 Å². The third-order valence-electron chi connectivity index (χ3n) is 3.65. The number of hydrogen-bond donors (Lipinski definition) is 1. The van der Waals surface area contributed by atoms with E-state index in [2.05, 4.69) is 13.8 Å². The predicted molar refractivity (Wildman–Crippen MR) is 79.3 cm³/mol. The summed E-state index contributed by atoms with van der Waals surface area (Å²) in [5.74, 6) is 1.61. The van der Waals surface area contributed by atoms with Crippen molar-refractivity contribution in [1.82, 2.24) is 0 Å². The van der Waals surface area contributed by atoms with E-state index in [0.29, 0.717) is 0 Å². The lowest BCUT2D eigenvalue weighted by Crippen LogP contribution is -2.36. The van der Waals surface area contributed by atoms with Crippen LogP contribution in [0.4, 0.5) is 0 Å². The van der Waals surface area contributed by atoms with Gasteiger partial charge in [0.15, 0.2) is 0 Å². The number of nitrogens with two attached hydrogens (primary N) is 1. The Morgan fingerprint density at radius 2 is 1.80 bits per heavy atom. The van der Waals surface area contributed by atoms with Crippen LogP contribution in [0.1, 0.15) is 45.2 Å². The van der Waals surface area contributed by atoms with Crippen molar-refractivity contribution in [1.29, 1.82) is 0 Å². The Bertz CT molecular complexity index is 437. The Balaban J connectivity index is 2.20. The van der Waals surface area contributed by atoms with Gasteiger partial charge in [-0.3, -0.25) is 0 Å². The maximum absolute atomic E-state index is 6.19. The first kappa shape index (κ1) is 15.1. The van der Waals surface area contributed by atoms with Crippen molar-refractivity contribution in [2.24, 2.45) is 5.73 Å². The Labute approximate surface area is 121 Å². The number of benzene rings is 1. The summed E-state index contributed by atoms with van der Waals surface area (Å²) in [6.07, 6.45) is 2.43. The van der Waals surface area contributed by atoms with Crippen LogP contribution in [0.25, 0.3) is 0 Å². The molecular formula is C16H25NO3. The van der Waals surface area contributed by atoms with E-state index in [0.717, 1.165) is 29.9 Å². The lowest BCUT2D eigenvalue weighted by molar-refractivity contribution is -0.0723. The predicted octanol–water partition coefficient (Wildman–Crippen LogP) is 3.05. The van der Waals surface area contributed by atoms with Gasteiger partial charge in [-0.25, -0.2) is 0 Å². The minimum atomic E-state index is -0.129. The van der Waals surface area contributed by atoms with Crippen LogP contribution in [0.2, 0.25) is 0 Å². The fourth-order valence-electron chi connectivity index (χ4n) is 2.87. The molecule has 2 N–H and O–H groups in total. The third-order valence-corrected chi connectivity index (χ3v) is 3.65. The molecule has 0 saturated carbocycles. The van der Waals surface area contributed by atoms with Crippen LogP contribution in [-0.4, -0.2) is 25.4 Å². The maximum Gasteiger partial charge on any atom is 0.128 e. The van der Waals surface area contributed by atoms with Crippen LogP contribution in [0.3, 0.4) is 0 Å². The second-order valence-corrected chi connectivity index (χ2v) is 5.63. The van der Waals surface area contributed by atoms with Crippen molar-refractivity contribution in [2.45, 2.75) is 58.0 Å². The first-order valence-electron chi connectivity index (χ1n) is 7.25. The van der Waals surface area contributed by atoms with E-state index >= 15 is 0 Å². The average Bonchev–Trinajstić information content (AvgIpc) is 2.36. The molecule has 1 aliphatic heterocycles. The zero-order valence-electron chi connectivity index (χ0n) is 12.8. The van der Waals surface area contributed by atoms with Crippen LogP contribution in [0.15, 0.2) is 18.2 Å². The first-order valence-corrected chi connectivity index (χ1v) is 7.25. The quantitative estimate of drug-likeness (QED) is 0.920. The molecule has 20 heavy (non-hydrogen) atoms. The zero-order chi connectivity index (χ0) is 14.7. The van der Waals surface area contributed by atoms with Gasteiger partial charge in [-0.2, -0.15) is 0 Å². The van der Waals surface area contributed by atoms with Gasteiger partial charge in [-0.1, -0.05) is 6.07 Å². The third kappa shape index (κ3) is 3.44. The Kier molecular flexibility index (Phi) is 4.89. The highest BCUT2D eigenvalue weighted by molar-refractivity contribution is 5.46. The highest BCUT2D eigenvalue weighted by Crippen LogP contribution is 2.35. The lowest BCUT2D eigenvalue weighted by atomic mass is 10.0. The van der Waals surface area contributed by atoms with Crippen molar-refractivity contribution in [3.63, 3.8) is 0 Å². The molecule has 1 aliphatic rings. The number of rotatable bonds is 4. The summed E-state index contributed by atoms with van der Waals surface area (Å²) in [6.45, 7) is 6.12. The molecule has 3 atom stereocenters. The van der Waals surface area contributed by atoms with Gasteiger partial charge in [-0.05, 0) is 32.9 Å². The monoisotopic (exact) mass is 279 g/mol. The molecule has 4 nitrogen and oxygen atoms in total. The van der Waals surface area contributed by atoms with Crippen molar-refractivity contribution in [2.75, 3.05) is 7.11 Å². The summed E-state index contributed by atoms with van der Waals surface area (Å²) < 4.78 is 17.3. The molecule has 1 heterocycles. The number of methoxy groups -OCH3 is 1. The lowest BCUT2D eigenvalue weighted by Gasteiger charge is -2.33. The van der Waals surface area contributed by atoms with Gasteiger partial charge in [0.2, 0.25) is 0 Å². The largest absolute Gasteiger partial charge is 0.496 e. The molecule has 0 bridgehead atoms. The summed E-state index contributed by atoms with van der Waals surface area (Å²) in [5, 5.41) is 0. The molecule has 1 fully saturated rings. The minimum absolute atomic E-state index is 0.129. The van der Waals surface area contributed by atoms with Gasteiger partial charge in [0.1, 0.15) is 17.6 Å². The molecule has 112 valence electrons. The van der Waals surface area contributed by atoms with E-state index < -0.39 is 0 Å². The molecule has 0 aliphatic carbocycles. The van der Waals surface area contributed by atoms with Gasteiger partial charge in [0, 0.05) is 18.9 Å². The van der Waals surface area contributed by atoms with Crippen LogP contribution >= 0.6 is 0 Å². The molecule has 2 rings (SSSR count). The fraction of sp³-hybridized carbons (Fsp3) is 0.625. The smallest absolute Gasteiger partial charge is 0.128 e. The second-order valence-electron chi connectivity index (χ2n) is 5.63. The summed E-state index contributed by atoms with van der Waals surface area (Å²) in [6, 6.07) is 5.69. The topological polar surface area (TPSA) is 53.7 Å². The highest BCUT2D eigenvalue weighted by atomic mass is 16.5. The molecule has 1 aromatic carbocycles. The maximum atomic E-state index is 6.19. The molecule has 2 unspecified atom stereocenters. The molecule has 0 amide bonds. The van der Waals surface area contributed by atoms with Crippen molar-refractivity contribution >= 4 is 0 Å². The number of hydrogen-bond acceptors (Lipinski definition) is 4. The molecule has 1 aromatic rings. The standard InChI is InChI=1S/C16H25NO3/c1-10-8-13(9-11(2)19-10)20-15-7-5-6-14(18-4)16(15)12(3)17/h5-7,10-13H,8-9,17H2,1-4H3/t10?,11?,12-,13?/m1/s1. The van der Waals surface area contributed by atoms with Gasteiger partial charge in [0.05, 0.1) is 24.9 Å². The van der Waals surface area contributed by atoms with E-state index in [1.807, 2.05) is 25.1 Å². The van der Waals surface area contributed by atoms with Gasteiger partial charge >= 0.3 is 0 Å². The molecule has 0 spiro atoms. The van der Waals surface area contributed by atoms with Crippen LogP contribution < -0.4 is 15.2 Å². The van der Waals surface area contributed by atoms with Gasteiger partial charge < -0.3 is 19.9 Å². The highest BCUT2D eigenvalue weighted by Gasteiger charge is 2.27. The first-order chi connectivity index (χ1) is 9.51. The zero-order valence-corrected chi connectivity index (χ0v) is 12.8. The fourth-order valence-corrected chi connectivity index (χ4v) is 2.87. The Morgan fingerprint density at radius 1 is 1.20 bits per heavy atom. The summed E-state index contributed by atoms with van der Waals surface area (Å²) in [7, 11) is 1.66. The van der Waals surface area contributed by atoms with E-state index in [1.165, 1.54) is 0 Å². The van der Waals surface area contributed by atoms with E-state index in [-0.39, 0.29) is 24.4 Å². The molecular weight excluding hydrogens is 254 g/mol. The second kappa shape index (κ2) is 6.46. The Hall–Kier alpha value is -1.26. The average molecular weight is 279 g/mol. The number of ether oxygens (including phenoxy) is 3. The van der Waals surface area contributed by atoms with E-state index in [4.69, 9.17) is 19.9 Å². The summed E-state index contributed by atoms with van der Waals surface area (Å²) in [4.78, 5) is 0. The van der Waals surface area contributed by atoms with Gasteiger partial charge in [-0.15, -0.1) is 0 Å². The van der Waals surface area contributed by atoms with Gasteiger partial charge in [0.25, 0.3) is 0 Å². The van der Waals surface area contributed by atoms with Crippen LogP contribution in [0.5, 0.6) is 11.5 Å².